The Morgan fingerprint density at radius 3 is 2.48 bits per heavy atom. The summed E-state index contributed by atoms with van der Waals surface area (Å²) in [5, 5.41) is 8.95. The SMILES string of the molecule is CCC1(COCCCCCCOc2ccc(C(=O)O)cc2C)COC1. The largest absolute Gasteiger partial charge is 0.493 e. The van der Waals surface area contributed by atoms with E-state index >= 15 is 0 Å². The van der Waals surface area contributed by atoms with Crippen molar-refractivity contribution >= 4 is 5.97 Å². The summed E-state index contributed by atoms with van der Waals surface area (Å²) in [6.07, 6.45) is 5.44. The monoisotopic (exact) mass is 350 g/mol. The van der Waals surface area contributed by atoms with Gasteiger partial charge < -0.3 is 19.3 Å². The molecule has 0 aromatic heterocycles. The van der Waals surface area contributed by atoms with Crippen molar-refractivity contribution in [3.8, 4) is 5.75 Å². The van der Waals surface area contributed by atoms with Crippen molar-refractivity contribution in [2.45, 2.75) is 46.0 Å². The van der Waals surface area contributed by atoms with Crippen molar-refractivity contribution in [3.63, 3.8) is 0 Å². The highest BCUT2D eigenvalue weighted by atomic mass is 16.5. The number of carbonyl (C=O) groups is 1. The van der Waals surface area contributed by atoms with Crippen LogP contribution in [0.1, 0.15) is 54.9 Å². The number of carboxylic acid groups (broad SMARTS) is 1. The van der Waals surface area contributed by atoms with Gasteiger partial charge in [0.05, 0.1) is 32.0 Å². The number of rotatable bonds is 12. The lowest BCUT2D eigenvalue weighted by Gasteiger charge is -2.40. The standard InChI is InChI=1S/C20H30O5/c1-3-20(14-24-15-20)13-23-10-6-4-5-7-11-25-18-9-8-17(19(21)22)12-16(18)2/h8-9,12H,3-7,10-11,13-15H2,1-2H3,(H,21,22). The zero-order valence-electron chi connectivity index (χ0n) is 15.4. The molecule has 0 bridgehead atoms. The summed E-state index contributed by atoms with van der Waals surface area (Å²) in [4.78, 5) is 10.9. The number of ether oxygens (including phenoxy) is 3. The smallest absolute Gasteiger partial charge is 0.335 e. The van der Waals surface area contributed by atoms with Crippen LogP contribution in [-0.4, -0.2) is 44.1 Å². The van der Waals surface area contributed by atoms with Gasteiger partial charge in [-0.1, -0.05) is 13.3 Å². The predicted molar refractivity (Wildman–Crippen MR) is 96.5 cm³/mol. The molecule has 1 aliphatic heterocycles. The predicted octanol–water partition coefficient (Wildman–Crippen LogP) is 4.08. The van der Waals surface area contributed by atoms with Gasteiger partial charge >= 0.3 is 5.97 Å². The lowest BCUT2D eigenvalue weighted by Crippen LogP contribution is -2.45. The summed E-state index contributed by atoms with van der Waals surface area (Å²) in [5.74, 6) is -0.146. The van der Waals surface area contributed by atoms with Gasteiger partial charge in [-0.05, 0) is 56.4 Å². The van der Waals surface area contributed by atoms with Crippen LogP contribution in [0.2, 0.25) is 0 Å². The van der Waals surface area contributed by atoms with Gasteiger partial charge in [-0.3, -0.25) is 0 Å². The molecule has 0 radical (unpaired) electrons. The van der Waals surface area contributed by atoms with Crippen LogP contribution in [0.25, 0.3) is 0 Å². The first kappa shape index (κ1) is 19.7. The third kappa shape index (κ3) is 6.01. The molecule has 1 saturated heterocycles. The van der Waals surface area contributed by atoms with Gasteiger partial charge in [-0.2, -0.15) is 0 Å². The number of hydrogen-bond acceptors (Lipinski definition) is 4. The minimum atomic E-state index is -0.911. The van der Waals surface area contributed by atoms with E-state index in [-0.39, 0.29) is 5.41 Å². The lowest BCUT2D eigenvalue weighted by atomic mass is 9.84. The van der Waals surface area contributed by atoms with Crippen LogP contribution < -0.4 is 4.74 Å². The molecular weight excluding hydrogens is 320 g/mol. The molecule has 0 atom stereocenters. The molecule has 25 heavy (non-hydrogen) atoms. The maximum atomic E-state index is 10.9. The highest BCUT2D eigenvalue weighted by molar-refractivity contribution is 5.88. The first-order valence-corrected chi connectivity index (χ1v) is 9.18. The molecule has 1 aliphatic rings. The molecule has 0 spiro atoms. The van der Waals surface area contributed by atoms with Crippen molar-refractivity contribution < 1.29 is 24.1 Å². The summed E-state index contributed by atoms with van der Waals surface area (Å²) in [5.41, 5.74) is 1.43. The molecule has 0 saturated carbocycles. The lowest BCUT2D eigenvalue weighted by molar-refractivity contribution is -0.150. The Kier molecular flexibility index (Phi) is 7.72. The molecule has 1 aromatic carbocycles. The van der Waals surface area contributed by atoms with Crippen LogP contribution in [0.15, 0.2) is 18.2 Å². The molecule has 0 unspecified atom stereocenters. The van der Waals surface area contributed by atoms with Gasteiger partial charge in [0.2, 0.25) is 0 Å². The van der Waals surface area contributed by atoms with Crippen molar-refractivity contribution in [2.24, 2.45) is 5.41 Å². The molecule has 2 rings (SSSR count). The summed E-state index contributed by atoms with van der Waals surface area (Å²) < 4.78 is 16.8. The van der Waals surface area contributed by atoms with Gasteiger partial charge in [0.25, 0.3) is 0 Å². The van der Waals surface area contributed by atoms with E-state index in [9.17, 15) is 4.79 Å². The molecule has 0 amide bonds. The Hall–Kier alpha value is -1.59. The quantitative estimate of drug-likeness (QED) is 0.576. The second kappa shape index (κ2) is 9.78. The number of aryl methyl sites for hydroxylation is 1. The number of benzene rings is 1. The molecule has 1 aromatic rings. The third-order valence-corrected chi connectivity index (χ3v) is 4.84. The molecule has 5 nitrogen and oxygen atoms in total. The topological polar surface area (TPSA) is 65.0 Å². The van der Waals surface area contributed by atoms with E-state index in [1.54, 1.807) is 18.2 Å². The summed E-state index contributed by atoms with van der Waals surface area (Å²) >= 11 is 0. The van der Waals surface area contributed by atoms with E-state index in [1.165, 1.54) is 0 Å². The van der Waals surface area contributed by atoms with Crippen LogP contribution >= 0.6 is 0 Å². The van der Waals surface area contributed by atoms with Crippen LogP contribution in [0.3, 0.4) is 0 Å². The van der Waals surface area contributed by atoms with Crippen LogP contribution in [0.4, 0.5) is 0 Å². The minimum absolute atomic E-state index is 0.280. The fourth-order valence-corrected chi connectivity index (χ4v) is 2.86. The highest BCUT2D eigenvalue weighted by Gasteiger charge is 2.36. The number of aromatic carboxylic acids is 1. The van der Waals surface area contributed by atoms with Crippen molar-refractivity contribution in [1.29, 1.82) is 0 Å². The van der Waals surface area contributed by atoms with Gasteiger partial charge in [0.15, 0.2) is 0 Å². The van der Waals surface area contributed by atoms with E-state index in [0.29, 0.717) is 12.2 Å². The number of hydrogen-bond donors (Lipinski definition) is 1. The summed E-state index contributed by atoms with van der Waals surface area (Å²) in [6.45, 7) is 8.04. The normalized spacial score (nSPS) is 15.6. The van der Waals surface area contributed by atoms with E-state index in [1.807, 2.05) is 6.92 Å². The Bertz CT molecular complexity index is 546. The van der Waals surface area contributed by atoms with Crippen LogP contribution in [0.5, 0.6) is 5.75 Å². The summed E-state index contributed by atoms with van der Waals surface area (Å²) in [7, 11) is 0. The minimum Gasteiger partial charge on any atom is -0.493 e. The van der Waals surface area contributed by atoms with Crippen molar-refractivity contribution in [2.75, 3.05) is 33.0 Å². The van der Waals surface area contributed by atoms with Gasteiger partial charge in [0, 0.05) is 12.0 Å². The van der Waals surface area contributed by atoms with E-state index < -0.39 is 5.97 Å². The highest BCUT2D eigenvalue weighted by Crippen LogP contribution is 2.31. The molecule has 1 fully saturated rings. The maximum absolute atomic E-state index is 10.9. The van der Waals surface area contributed by atoms with Crippen molar-refractivity contribution in [3.05, 3.63) is 29.3 Å². The molecular formula is C20H30O5. The zero-order valence-corrected chi connectivity index (χ0v) is 15.4. The summed E-state index contributed by atoms with van der Waals surface area (Å²) in [6, 6.07) is 4.96. The van der Waals surface area contributed by atoms with E-state index in [4.69, 9.17) is 19.3 Å². The molecule has 5 heteroatoms. The first-order chi connectivity index (χ1) is 12.1. The second-order valence-corrected chi connectivity index (χ2v) is 6.95. The van der Waals surface area contributed by atoms with E-state index in [0.717, 1.165) is 69.8 Å². The Labute approximate surface area is 150 Å². The number of unbranched alkanes of at least 4 members (excludes halogenated alkanes) is 3. The average molecular weight is 350 g/mol. The fourth-order valence-electron chi connectivity index (χ4n) is 2.86. The second-order valence-electron chi connectivity index (χ2n) is 6.95. The molecule has 1 N–H and O–H groups in total. The zero-order chi connectivity index (χ0) is 18.1. The van der Waals surface area contributed by atoms with Gasteiger partial charge in [-0.15, -0.1) is 0 Å². The van der Waals surface area contributed by atoms with Crippen molar-refractivity contribution in [1.82, 2.24) is 0 Å². The van der Waals surface area contributed by atoms with Gasteiger partial charge in [0.1, 0.15) is 5.75 Å². The third-order valence-electron chi connectivity index (χ3n) is 4.84. The van der Waals surface area contributed by atoms with Crippen LogP contribution in [-0.2, 0) is 9.47 Å². The van der Waals surface area contributed by atoms with Gasteiger partial charge in [-0.25, -0.2) is 4.79 Å². The molecule has 0 aliphatic carbocycles. The molecule has 140 valence electrons. The Morgan fingerprint density at radius 2 is 1.92 bits per heavy atom. The molecule has 1 heterocycles. The van der Waals surface area contributed by atoms with Crippen LogP contribution in [0, 0.1) is 12.3 Å². The average Bonchev–Trinajstić information content (AvgIpc) is 2.56. The maximum Gasteiger partial charge on any atom is 0.335 e. The first-order valence-electron chi connectivity index (χ1n) is 9.18. The Morgan fingerprint density at radius 1 is 1.20 bits per heavy atom. The van der Waals surface area contributed by atoms with E-state index in [2.05, 4.69) is 6.92 Å². The Balaban J connectivity index is 1.50. The fraction of sp³-hybridized carbons (Fsp3) is 0.650. The number of carboxylic acids is 1.